The molecular weight excluding hydrogens is 276 g/mol. The zero-order chi connectivity index (χ0) is 15.7. The Kier molecular flexibility index (Phi) is 3.83. The molecule has 1 atom stereocenters. The summed E-state index contributed by atoms with van der Waals surface area (Å²) in [5, 5.41) is 0. The molecule has 1 aliphatic heterocycles. The number of methoxy groups -OCH3 is 2. The fourth-order valence-corrected chi connectivity index (χ4v) is 3.35. The van der Waals surface area contributed by atoms with Gasteiger partial charge in [0, 0.05) is 0 Å². The molecule has 116 valence electrons. The fraction of sp³-hybridized carbons (Fsp3) is 0.368. The highest BCUT2D eigenvalue weighted by Crippen LogP contribution is 2.44. The minimum atomic E-state index is -0.460. The third-order valence-corrected chi connectivity index (χ3v) is 4.54. The van der Waals surface area contributed by atoms with Crippen molar-refractivity contribution in [1.82, 2.24) is 0 Å². The van der Waals surface area contributed by atoms with Crippen molar-refractivity contribution in [3.05, 3.63) is 58.7 Å². The van der Waals surface area contributed by atoms with Crippen LogP contribution in [0.3, 0.4) is 0 Å². The Morgan fingerprint density at radius 1 is 1.00 bits per heavy atom. The van der Waals surface area contributed by atoms with E-state index in [2.05, 4.69) is 50.2 Å². The molecule has 1 aliphatic rings. The highest BCUT2D eigenvalue weighted by molar-refractivity contribution is 5.53. The minimum Gasteiger partial charge on any atom is -0.493 e. The molecule has 22 heavy (non-hydrogen) atoms. The Morgan fingerprint density at radius 2 is 1.68 bits per heavy atom. The Bertz CT molecular complexity index is 693. The van der Waals surface area contributed by atoms with Crippen LogP contribution in [0, 0.1) is 6.92 Å². The summed E-state index contributed by atoms with van der Waals surface area (Å²) in [5.74, 6) is 1.52. The highest BCUT2D eigenvalue weighted by Gasteiger charge is 2.37. The lowest BCUT2D eigenvalue weighted by molar-refractivity contribution is -0.0148. The molecule has 2 aromatic carbocycles. The number of aryl methyl sites for hydroxylation is 1. The zero-order valence-corrected chi connectivity index (χ0v) is 13.6. The summed E-state index contributed by atoms with van der Waals surface area (Å²) >= 11 is 0. The van der Waals surface area contributed by atoms with Crippen LogP contribution in [-0.4, -0.2) is 20.8 Å². The Labute approximate surface area is 131 Å². The third-order valence-electron chi connectivity index (χ3n) is 4.54. The summed E-state index contributed by atoms with van der Waals surface area (Å²) in [7, 11) is 3.34. The van der Waals surface area contributed by atoms with E-state index in [1.807, 2.05) is 0 Å². The normalized spacial score (nSPS) is 20.4. The van der Waals surface area contributed by atoms with Gasteiger partial charge in [-0.05, 0) is 54.7 Å². The van der Waals surface area contributed by atoms with Gasteiger partial charge in [-0.15, -0.1) is 0 Å². The maximum atomic E-state index is 6.24. The molecule has 0 amide bonds. The maximum Gasteiger partial charge on any atom is 0.161 e. The SMILES string of the molecule is COc1cc2c(cc1OC)[C@](C)(c1ccccc1C)OCC2. The van der Waals surface area contributed by atoms with E-state index in [1.54, 1.807) is 14.2 Å². The second kappa shape index (κ2) is 5.65. The first kappa shape index (κ1) is 14.9. The third kappa shape index (κ3) is 2.26. The minimum absolute atomic E-state index is 0.460. The van der Waals surface area contributed by atoms with E-state index in [9.17, 15) is 0 Å². The first-order valence-corrected chi connectivity index (χ1v) is 7.55. The van der Waals surface area contributed by atoms with E-state index in [0.717, 1.165) is 23.5 Å². The van der Waals surface area contributed by atoms with Crippen molar-refractivity contribution >= 4 is 0 Å². The quantitative estimate of drug-likeness (QED) is 0.861. The van der Waals surface area contributed by atoms with Crippen molar-refractivity contribution in [2.75, 3.05) is 20.8 Å². The lowest BCUT2D eigenvalue weighted by Gasteiger charge is -2.38. The number of hydrogen-bond acceptors (Lipinski definition) is 3. The molecule has 0 aliphatic carbocycles. The molecule has 0 saturated carbocycles. The second-order valence-corrected chi connectivity index (χ2v) is 5.81. The number of benzene rings is 2. The van der Waals surface area contributed by atoms with Crippen LogP contribution in [0.2, 0.25) is 0 Å². The van der Waals surface area contributed by atoms with Crippen LogP contribution in [0.15, 0.2) is 36.4 Å². The summed E-state index contributed by atoms with van der Waals surface area (Å²) in [6, 6.07) is 12.5. The van der Waals surface area contributed by atoms with Crippen molar-refractivity contribution in [2.45, 2.75) is 25.9 Å². The van der Waals surface area contributed by atoms with E-state index < -0.39 is 5.60 Å². The van der Waals surface area contributed by atoms with E-state index in [1.165, 1.54) is 16.7 Å². The molecule has 1 heterocycles. The summed E-state index contributed by atoms with van der Waals surface area (Å²) < 4.78 is 17.2. The molecule has 2 aromatic rings. The van der Waals surface area contributed by atoms with Gasteiger partial charge in [-0.25, -0.2) is 0 Å². The molecule has 0 saturated heterocycles. The lowest BCUT2D eigenvalue weighted by atomic mass is 9.80. The standard InChI is InChI=1S/C19H22O3/c1-13-7-5-6-8-15(13)19(2)16-12-18(21-4)17(20-3)11-14(16)9-10-22-19/h5-8,11-12H,9-10H2,1-4H3/t19-/m0/s1. The fourth-order valence-electron chi connectivity index (χ4n) is 3.35. The smallest absolute Gasteiger partial charge is 0.161 e. The van der Waals surface area contributed by atoms with E-state index in [4.69, 9.17) is 14.2 Å². The van der Waals surface area contributed by atoms with E-state index in [-0.39, 0.29) is 0 Å². The van der Waals surface area contributed by atoms with Crippen molar-refractivity contribution in [3.8, 4) is 11.5 Å². The summed E-state index contributed by atoms with van der Waals surface area (Å²) in [6.45, 7) is 4.96. The highest BCUT2D eigenvalue weighted by atomic mass is 16.5. The van der Waals surface area contributed by atoms with E-state index >= 15 is 0 Å². The number of hydrogen-bond donors (Lipinski definition) is 0. The van der Waals surface area contributed by atoms with Gasteiger partial charge in [0.2, 0.25) is 0 Å². The van der Waals surface area contributed by atoms with Crippen molar-refractivity contribution in [3.63, 3.8) is 0 Å². The van der Waals surface area contributed by atoms with Gasteiger partial charge in [0.1, 0.15) is 5.60 Å². The van der Waals surface area contributed by atoms with Crippen LogP contribution in [0.1, 0.15) is 29.2 Å². The number of rotatable bonds is 3. The van der Waals surface area contributed by atoms with E-state index in [0.29, 0.717) is 6.61 Å². The van der Waals surface area contributed by atoms with Gasteiger partial charge >= 0.3 is 0 Å². The van der Waals surface area contributed by atoms with Gasteiger partial charge in [-0.2, -0.15) is 0 Å². The van der Waals surface area contributed by atoms with Crippen molar-refractivity contribution in [2.24, 2.45) is 0 Å². The van der Waals surface area contributed by atoms with Crippen LogP contribution >= 0.6 is 0 Å². The Balaban J connectivity index is 2.21. The van der Waals surface area contributed by atoms with Gasteiger partial charge in [0.25, 0.3) is 0 Å². The Morgan fingerprint density at radius 3 is 2.36 bits per heavy atom. The largest absolute Gasteiger partial charge is 0.493 e. The maximum absolute atomic E-state index is 6.24. The second-order valence-electron chi connectivity index (χ2n) is 5.81. The predicted molar refractivity (Wildman–Crippen MR) is 86.8 cm³/mol. The molecule has 0 spiro atoms. The summed E-state index contributed by atoms with van der Waals surface area (Å²) in [5.41, 5.74) is 4.38. The zero-order valence-electron chi connectivity index (χ0n) is 13.6. The molecule has 0 unspecified atom stereocenters. The monoisotopic (exact) mass is 298 g/mol. The molecule has 3 rings (SSSR count). The Hall–Kier alpha value is -2.00. The number of ether oxygens (including phenoxy) is 3. The molecule has 3 nitrogen and oxygen atoms in total. The van der Waals surface area contributed by atoms with Crippen molar-refractivity contribution in [1.29, 1.82) is 0 Å². The van der Waals surface area contributed by atoms with Gasteiger partial charge in [0.05, 0.1) is 20.8 Å². The summed E-state index contributed by atoms with van der Waals surface area (Å²) in [4.78, 5) is 0. The average molecular weight is 298 g/mol. The molecule has 3 heteroatoms. The molecule has 0 fully saturated rings. The molecule has 0 radical (unpaired) electrons. The molecule has 0 aromatic heterocycles. The summed E-state index contributed by atoms with van der Waals surface area (Å²) in [6.07, 6.45) is 0.886. The van der Waals surface area contributed by atoms with Gasteiger partial charge in [-0.3, -0.25) is 0 Å². The van der Waals surface area contributed by atoms with Crippen LogP contribution in [-0.2, 0) is 16.8 Å². The molecule has 0 bridgehead atoms. The van der Waals surface area contributed by atoms with Crippen LogP contribution in [0.4, 0.5) is 0 Å². The topological polar surface area (TPSA) is 27.7 Å². The predicted octanol–water partition coefficient (Wildman–Crippen LogP) is 3.85. The first-order valence-electron chi connectivity index (χ1n) is 7.55. The first-order chi connectivity index (χ1) is 10.6. The van der Waals surface area contributed by atoms with Gasteiger partial charge in [-0.1, -0.05) is 24.3 Å². The van der Waals surface area contributed by atoms with Crippen LogP contribution < -0.4 is 9.47 Å². The number of fused-ring (bicyclic) bond motifs is 1. The van der Waals surface area contributed by atoms with Crippen molar-refractivity contribution < 1.29 is 14.2 Å². The molecular formula is C19H22O3. The van der Waals surface area contributed by atoms with Crippen LogP contribution in [0.25, 0.3) is 0 Å². The lowest BCUT2D eigenvalue weighted by Crippen LogP contribution is -2.34. The average Bonchev–Trinajstić information content (AvgIpc) is 2.54. The van der Waals surface area contributed by atoms with Gasteiger partial charge in [0.15, 0.2) is 11.5 Å². The van der Waals surface area contributed by atoms with Gasteiger partial charge < -0.3 is 14.2 Å². The van der Waals surface area contributed by atoms with Crippen LogP contribution in [0.5, 0.6) is 11.5 Å². The molecule has 0 N–H and O–H groups in total.